The van der Waals surface area contributed by atoms with Crippen LogP contribution in [0.1, 0.15) is 50.8 Å². The fourth-order valence-corrected chi connectivity index (χ4v) is 2.42. The van der Waals surface area contributed by atoms with Crippen LogP contribution in [0.25, 0.3) is 10.8 Å². The number of benzene rings is 1. The number of hydrogen-bond acceptors (Lipinski definition) is 1. The van der Waals surface area contributed by atoms with Crippen LogP contribution in [0.3, 0.4) is 0 Å². The van der Waals surface area contributed by atoms with Crippen molar-refractivity contribution in [3.63, 3.8) is 0 Å². The molecule has 0 saturated carbocycles. The molecule has 2 rings (SSSR count). The van der Waals surface area contributed by atoms with Crippen LogP contribution >= 0.6 is 0 Å². The molecule has 0 radical (unpaired) electrons. The van der Waals surface area contributed by atoms with E-state index in [1.165, 1.54) is 5.39 Å². The van der Waals surface area contributed by atoms with E-state index >= 15 is 0 Å². The summed E-state index contributed by atoms with van der Waals surface area (Å²) in [5.74, 6) is 0.759. The van der Waals surface area contributed by atoms with Gasteiger partial charge in [-0.3, -0.25) is 0 Å². The van der Waals surface area contributed by atoms with Crippen LogP contribution in [-0.2, 0) is 0 Å². The van der Waals surface area contributed by atoms with Gasteiger partial charge in [-0.05, 0) is 43.7 Å². The average molecular weight is 244 g/mol. The molecule has 18 heavy (non-hydrogen) atoms. The van der Waals surface area contributed by atoms with E-state index in [0.29, 0.717) is 17.7 Å². The third kappa shape index (κ3) is 2.07. The number of phenols is 1. The van der Waals surface area contributed by atoms with E-state index < -0.39 is 0 Å². The number of pyridine rings is 1. The first kappa shape index (κ1) is 12.9. The van der Waals surface area contributed by atoms with Gasteiger partial charge in [-0.1, -0.05) is 13.8 Å². The van der Waals surface area contributed by atoms with E-state index in [1.54, 1.807) is 0 Å². The lowest BCUT2D eigenvalue weighted by Crippen LogP contribution is -2.35. The van der Waals surface area contributed by atoms with Crippen molar-refractivity contribution in [2.24, 2.45) is 0 Å². The van der Waals surface area contributed by atoms with Crippen molar-refractivity contribution in [3.8, 4) is 5.75 Å². The Morgan fingerprint density at radius 3 is 2.39 bits per heavy atom. The first-order valence-corrected chi connectivity index (χ1v) is 6.58. The highest BCUT2D eigenvalue weighted by molar-refractivity contribution is 5.88. The van der Waals surface area contributed by atoms with Crippen molar-refractivity contribution in [1.29, 1.82) is 0 Å². The number of aromatic hydroxyl groups is 1. The second kappa shape index (κ2) is 4.60. The molecular weight excluding hydrogens is 222 g/mol. The van der Waals surface area contributed by atoms with Gasteiger partial charge in [0, 0.05) is 11.6 Å². The largest absolute Gasteiger partial charge is 0.507 e. The number of rotatable bonds is 2. The standard InChI is InChI=1S/C16H21NO/c1-10(2)15-14-9-17(11(3)4)7-6-13(14)8-12(5)16(15)18/h6-11H,1-5H3/p+1. The molecule has 1 heterocycles. The number of aryl methyl sites for hydroxylation is 1. The minimum atomic E-state index is 0.315. The van der Waals surface area contributed by atoms with Crippen LogP contribution < -0.4 is 4.57 Å². The van der Waals surface area contributed by atoms with Gasteiger partial charge in [-0.2, -0.15) is 0 Å². The third-order valence-corrected chi connectivity index (χ3v) is 3.48. The molecule has 0 bridgehead atoms. The lowest BCUT2D eigenvalue weighted by atomic mass is 9.93. The molecule has 0 fully saturated rings. The topological polar surface area (TPSA) is 24.1 Å². The second-order valence-corrected chi connectivity index (χ2v) is 5.60. The summed E-state index contributed by atoms with van der Waals surface area (Å²) in [4.78, 5) is 0. The molecule has 96 valence electrons. The minimum absolute atomic E-state index is 0.315. The summed E-state index contributed by atoms with van der Waals surface area (Å²) in [6.45, 7) is 10.5. The molecule has 0 aliphatic heterocycles. The molecule has 1 N–H and O–H groups in total. The predicted molar refractivity (Wildman–Crippen MR) is 75.0 cm³/mol. The molecular formula is C16H22NO+. The monoisotopic (exact) mass is 244 g/mol. The Kier molecular flexibility index (Phi) is 3.29. The van der Waals surface area contributed by atoms with Gasteiger partial charge in [-0.15, -0.1) is 0 Å². The fraction of sp³-hybridized carbons (Fsp3) is 0.438. The maximum atomic E-state index is 10.3. The normalized spacial score (nSPS) is 11.7. The molecule has 1 aromatic carbocycles. The lowest BCUT2D eigenvalue weighted by molar-refractivity contribution is -0.715. The van der Waals surface area contributed by atoms with Crippen molar-refractivity contribution in [2.75, 3.05) is 0 Å². The quantitative estimate of drug-likeness (QED) is 0.797. The summed E-state index contributed by atoms with van der Waals surface area (Å²) in [6, 6.07) is 4.62. The summed E-state index contributed by atoms with van der Waals surface area (Å²) in [6.07, 6.45) is 4.25. The second-order valence-electron chi connectivity index (χ2n) is 5.60. The number of fused-ring (bicyclic) bond motifs is 1. The van der Waals surface area contributed by atoms with Crippen LogP contribution in [0.5, 0.6) is 5.75 Å². The number of phenolic OH excluding ortho intramolecular Hbond substituents is 1. The van der Waals surface area contributed by atoms with Crippen molar-refractivity contribution in [2.45, 2.75) is 46.6 Å². The van der Waals surface area contributed by atoms with Gasteiger partial charge in [0.1, 0.15) is 5.75 Å². The fourth-order valence-electron chi connectivity index (χ4n) is 2.42. The summed E-state index contributed by atoms with van der Waals surface area (Å²) < 4.78 is 2.18. The molecule has 0 spiro atoms. The van der Waals surface area contributed by atoms with Crippen LogP contribution in [0.15, 0.2) is 24.5 Å². The molecule has 0 unspecified atom stereocenters. The summed E-state index contributed by atoms with van der Waals surface area (Å²) >= 11 is 0. The van der Waals surface area contributed by atoms with E-state index in [4.69, 9.17) is 0 Å². The number of nitrogens with zero attached hydrogens (tertiary/aromatic N) is 1. The van der Waals surface area contributed by atoms with Gasteiger partial charge in [-0.25, -0.2) is 4.57 Å². The minimum Gasteiger partial charge on any atom is -0.507 e. The molecule has 0 saturated heterocycles. The van der Waals surface area contributed by atoms with Gasteiger partial charge >= 0.3 is 0 Å². The zero-order valence-corrected chi connectivity index (χ0v) is 11.9. The predicted octanol–water partition coefficient (Wildman–Crippen LogP) is 3.85. The van der Waals surface area contributed by atoms with E-state index in [0.717, 1.165) is 16.5 Å². The Morgan fingerprint density at radius 1 is 1.17 bits per heavy atom. The van der Waals surface area contributed by atoms with E-state index in [2.05, 4.69) is 56.8 Å². The zero-order valence-electron chi connectivity index (χ0n) is 11.9. The van der Waals surface area contributed by atoms with Crippen LogP contribution in [0.4, 0.5) is 0 Å². The lowest BCUT2D eigenvalue weighted by Gasteiger charge is -2.14. The smallest absolute Gasteiger partial charge is 0.177 e. The molecule has 2 heteroatoms. The summed E-state index contributed by atoms with van der Waals surface area (Å²) in [5.41, 5.74) is 2.01. The Balaban J connectivity index is 2.82. The van der Waals surface area contributed by atoms with E-state index in [9.17, 15) is 5.11 Å². The van der Waals surface area contributed by atoms with E-state index in [1.807, 2.05) is 6.92 Å². The summed E-state index contributed by atoms with van der Waals surface area (Å²) in [5, 5.41) is 12.6. The van der Waals surface area contributed by atoms with Gasteiger partial charge in [0.2, 0.25) is 0 Å². The van der Waals surface area contributed by atoms with Gasteiger partial charge in [0.15, 0.2) is 18.4 Å². The van der Waals surface area contributed by atoms with Crippen LogP contribution in [-0.4, -0.2) is 5.11 Å². The molecule has 1 aromatic heterocycles. The first-order valence-electron chi connectivity index (χ1n) is 6.58. The molecule has 0 amide bonds. The molecule has 0 aliphatic rings. The molecule has 2 nitrogen and oxygen atoms in total. The van der Waals surface area contributed by atoms with E-state index in [-0.39, 0.29) is 0 Å². The Labute approximate surface area is 109 Å². The van der Waals surface area contributed by atoms with Crippen molar-refractivity contribution >= 4 is 10.8 Å². The molecule has 0 aliphatic carbocycles. The molecule has 2 aromatic rings. The summed E-state index contributed by atoms with van der Waals surface area (Å²) in [7, 11) is 0. The maximum absolute atomic E-state index is 10.3. The Morgan fingerprint density at radius 2 is 1.83 bits per heavy atom. The third-order valence-electron chi connectivity index (χ3n) is 3.48. The Bertz CT molecular complexity index is 585. The van der Waals surface area contributed by atoms with Gasteiger partial charge in [0.05, 0.1) is 5.39 Å². The van der Waals surface area contributed by atoms with Gasteiger partial charge < -0.3 is 5.11 Å². The average Bonchev–Trinajstić information content (AvgIpc) is 2.29. The van der Waals surface area contributed by atoms with Crippen LogP contribution in [0.2, 0.25) is 0 Å². The number of aromatic nitrogens is 1. The number of hydrogen-bond donors (Lipinski definition) is 1. The Hall–Kier alpha value is -1.57. The SMILES string of the molecule is Cc1cc2cc[n+](C(C)C)cc2c(C(C)C)c1O. The van der Waals surface area contributed by atoms with Crippen LogP contribution in [0, 0.1) is 6.92 Å². The highest BCUT2D eigenvalue weighted by Crippen LogP contribution is 2.35. The van der Waals surface area contributed by atoms with Crippen molar-refractivity contribution < 1.29 is 9.67 Å². The zero-order chi connectivity index (χ0) is 13.4. The van der Waals surface area contributed by atoms with Crippen molar-refractivity contribution in [3.05, 3.63) is 35.7 Å². The first-order chi connectivity index (χ1) is 8.41. The maximum Gasteiger partial charge on any atom is 0.177 e. The highest BCUT2D eigenvalue weighted by Gasteiger charge is 2.17. The highest BCUT2D eigenvalue weighted by atomic mass is 16.3. The van der Waals surface area contributed by atoms with Crippen molar-refractivity contribution in [1.82, 2.24) is 0 Å². The van der Waals surface area contributed by atoms with Gasteiger partial charge in [0.25, 0.3) is 0 Å². The molecule has 0 atom stereocenters.